The summed E-state index contributed by atoms with van der Waals surface area (Å²) < 4.78 is 80.6. The number of esters is 2. The summed E-state index contributed by atoms with van der Waals surface area (Å²) >= 11 is 0. The highest BCUT2D eigenvalue weighted by molar-refractivity contribution is 7.86. The molecular formula is C20H27F3O7S. The molecule has 2 saturated carbocycles. The maximum Gasteiger partial charge on any atom is 0.400 e. The molecule has 0 amide bonds. The van der Waals surface area contributed by atoms with Gasteiger partial charge in [-0.25, -0.2) is 4.39 Å². The maximum absolute atomic E-state index is 13.6. The number of carbonyl (C=O) groups excluding carboxylic acids is 2. The molecular weight excluding hydrogens is 441 g/mol. The Morgan fingerprint density at radius 2 is 1.71 bits per heavy atom. The molecule has 0 aromatic rings. The number of hydrogen-bond acceptors (Lipinski definition) is 6. The van der Waals surface area contributed by atoms with Crippen LogP contribution in [0.25, 0.3) is 0 Å². The molecule has 2 fully saturated rings. The van der Waals surface area contributed by atoms with Crippen LogP contribution >= 0.6 is 0 Å². The quantitative estimate of drug-likeness (QED) is 0.314. The minimum absolute atomic E-state index is 0.192. The first-order chi connectivity index (χ1) is 14.4. The van der Waals surface area contributed by atoms with E-state index in [0.717, 1.165) is 25.7 Å². The molecule has 3 aliphatic carbocycles. The lowest BCUT2D eigenvalue weighted by atomic mass is 9.82. The number of hydrogen-bond donors (Lipinski definition) is 1. The van der Waals surface area contributed by atoms with E-state index >= 15 is 0 Å². The van der Waals surface area contributed by atoms with Crippen LogP contribution in [0.2, 0.25) is 0 Å². The van der Waals surface area contributed by atoms with Crippen LogP contribution in [0.5, 0.6) is 0 Å². The van der Waals surface area contributed by atoms with Crippen molar-refractivity contribution in [2.75, 3.05) is 6.61 Å². The molecule has 0 heterocycles. The van der Waals surface area contributed by atoms with Crippen molar-refractivity contribution >= 4 is 22.1 Å². The largest absolute Gasteiger partial charge is 0.465 e. The Balaban J connectivity index is 1.62. The zero-order chi connectivity index (χ0) is 23.0. The third-order valence-corrected chi connectivity index (χ3v) is 7.75. The molecule has 3 rings (SSSR count). The third kappa shape index (κ3) is 4.62. The van der Waals surface area contributed by atoms with Gasteiger partial charge in [-0.3, -0.25) is 14.1 Å². The van der Waals surface area contributed by atoms with Crippen molar-refractivity contribution in [2.45, 2.75) is 68.9 Å². The summed E-state index contributed by atoms with van der Waals surface area (Å²) in [6, 6.07) is 0. The lowest BCUT2D eigenvalue weighted by molar-refractivity contribution is -0.172. The third-order valence-electron chi connectivity index (χ3n) is 6.80. The van der Waals surface area contributed by atoms with Crippen molar-refractivity contribution < 1.29 is 45.2 Å². The smallest absolute Gasteiger partial charge is 0.400 e. The van der Waals surface area contributed by atoms with Crippen molar-refractivity contribution in [1.82, 2.24) is 0 Å². The van der Waals surface area contributed by atoms with Gasteiger partial charge < -0.3 is 9.47 Å². The summed E-state index contributed by atoms with van der Waals surface area (Å²) in [5.74, 6) is -3.40. The molecule has 0 saturated heterocycles. The van der Waals surface area contributed by atoms with Gasteiger partial charge in [0, 0.05) is 6.42 Å². The van der Waals surface area contributed by atoms with Gasteiger partial charge >= 0.3 is 27.3 Å². The van der Waals surface area contributed by atoms with Crippen molar-refractivity contribution in [2.24, 2.45) is 23.7 Å². The lowest BCUT2D eigenvalue weighted by Gasteiger charge is -2.32. The van der Waals surface area contributed by atoms with E-state index in [1.165, 1.54) is 0 Å². The van der Waals surface area contributed by atoms with Crippen LogP contribution in [0, 0.1) is 23.7 Å². The molecule has 7 nitrogen and oxygen atoms in total. The number of alkyl halides is 3. The zero-order valence-electron chi connectivity index (χ0n) is 17.1. The predicted octanol–water partition coefficient (Wildman–Crippen LogP) is 3.44. The van der Waals surface area contributed by atoms with E-state index in [9.17, 15) is 31.2 Å². The molecule has 0 aromatic carbocycles. The molecule has 3 aliphatic rings. The molecule has 5 atom stereocenters. The number of fused-ring (bicyclic) bond motifs is 2. The Morgan fingerprint density at radius 1 is 1.16 bits per heavy atom. The van der Waals surface area contributed by atoms with Crippen molar-refractivity contribution in [3.8, 4) is 0 Å². The van der Waals surface area contributed by atoms with E-state index < -0.39 is 63.9 Å². The fourth-order valence-electron chi connectivity index (χ4n) is 4.98. The minimum Gasteiger partial charge on any atom is -0.465 e. The van der Waals surface area contributed by atoms with Gasteiger partial charge in [-0.2, -0.15) is 17.2 Å². The predicted molar refractivity (Wildman–Crippen MR) is 102 cm³/mol. The van der Waals surface area contributed by atoms with Gasteiger partial charge in [-0.15, -0.1) is 0 Å². The van der Waals surface area contributed by atoms with Gasteiger partial charge in [-0.05, 0) is 50.4 Å². The fraction of sp³-hybridized carbons (Fsp3) is 0.800. The normalized spacial score (nSPS) is 30.4. The van der Waals surface area contributed by atoms with Gasteiger partial charge in [0.2, 0.25) is 0 Å². The first-order valence-electron chi connectivity index (χ1n) is 10.5. The van der Waals surface area contributed by atoms with Crippen molar-refractivity contribution in [3.05, 3.63) is 12.2 Å². The summed E-state index contributed by atoms with van der Waals surface area (Å²) in [5.41, 5.74) is -0.528. The van der Waals surface area contributed by atoms with Gasteiger partial charge in [0.05, 0.1) is 18.4 Å². The Kier molecular flexibility index (Phi) is 6.76. The average Bonchev–Trinajstić information content (AvgIpc) is 3.42. The number of carbonyl (C=O) groups is 2. The highest BCUT2D eigenvalue weighted by Crippen LogP contribution is 2.50. The van der Waals surface area contributed by atoms with Crippen LogP contribution in [0.3, 0.4) is 0 Å². The summed E-state index contributed by atoms with van der Waals surface area (Å²) in [4.78, 5) is 25.6. The summed E-state index contributed by atoms with van der Waals surface area (Å²) in [5, 5.41) is -5.00. The summed E-state index contributed by atoms with van der Waals surface area (Å²) in [6.45, 7) is 1.13. The van der Waals surface area contributed by atoms with E-state index in [1.807, 2.05) is 13.0 Å². The Hall–Kier alpha value is -1.62. The van der Waals surface area contributed by atoms with Gasteiger partial charge in [0.25, 0.3) is 0 Å². The highest BCUT2D eigenvalue weighted by atomic mass is 32.2. The molecule has 0 spiro atoms. The van der Waals surface area contributed by atoms with E-state index in [0.29, 0.717) is 12.8 Å². The first kappa shape index (κ1) is 24.0. The van der Waals surface area contributed by atoms with Crippen molar-refractivity contribution in [1.29, 1.82) is 0 Å². The van der Waals surface area contributed by atoms with Gasteiger partial charge in [-0.1, -0.05) is 19.1 Å². The van der Waals surface area contributed by atoms with E-state index in [1.54, 1.807) is 6.08 Å². The van der Waals surface area contributed by atoms with Crippen LogP contribution in [-0.4, -0.2) is 48.5 Å². The topological polar surface area (TPSA) is 107 Å². The molecule has 31 heavy (non-hydrogen) atoms. The lowest BCUT2D eigenvalue weighted by Crippen LogP contribution is -2.41. The summed E-state index contributed by atoms with van der Waals surface area (Å²) in [6.07, 6.45) is 3.97. The fourth-order valence-corrected chi connectivity index (χ4v) is 5.42. The van der Waals surface area contributed by atoms with Crippen LogP contribution in [0.15, 0.2) is 12.2 Å². The van der Waals surface area contributed by atoms with Crippen LogP contribution in [0.4, 0.5) is 13.2 Å². The molecule has 0 aliphatic heterocycles. The minimum atomic E-state index is -5.93. The molecule has 2 bridgehead atoms. The monoisotopic (exact) mass is 468 g/mol. The highest BCUT2D eigenvalue weighted by Gasteiger charge is 2.55. The zero-order valence-corrected chi connectivity index (χ0v) is 18.0. The number of halogens is 3. The van der Waals surface area contributed by atoms with Crippen LogP contribution in [0.1, 0.15) is 51.9 Å². The second kappa shape index (κ2) is 8.73. The molecule has 5 unspecified atom stereocenters. The van der Waals surface area contributed by atoms with E-state index in [-0.39, 0.29) is 11.8 Å². The molecule has 0 aromatic heterocycles. The second-order valence-electron chi connectivity index (χ2n) is 8.63. The first-order valence-corrected chi connectivity index (χ1v) is 11.9. The van der Waals surface area contributed by atoms with Gasteiger partial charge in [0.15, 0.2) is 6.17 Å². The van der Waals surface area contributed by atoms with Gasteiger partial charge in [0.1, 0.15) is 5.60 Å². The Labute approximate surface area is 179 Å². The molecule has 0 radical (unpaired) electrons. The molecule has 176 valence electrons. The Morgan fingerprint density at radius 3 is 2.23 bits per heavy atom. The number of ether oxygens (including phenoxy) is 2. The molecule has 1 N–H and O–H groups in total. The van der Waals surface area contributed by atoms with Crippen molar-refractivity contribution in [3.63, 3.8) is 0 Å². The molecule has 11 heteroatoms. The summed E-state index contributed by atoms with van der Waals surface area (Å²) in [7, 11) is -5.93. The number of allylic oxidation sites excluding steroid dienone is 2. The van der Waals surface area contributed by atoms with E-state index in [2.05, 4.69) is 0 Å². The number of rotatable bonds is 9. The SMILES string of the molecule is CCC1(OC(=O)C2C3C=CC(C3)C2C(=O)OCCC(F)C(F)(F)S(=O)(=O)O)CCCC1. The second-order valence-corrected chi connectivity index (χ2v) is 10.1. The van der Waals surface area contributed by atoms with Crippen LogP contribution in [-0.2, 0) is 29.2 Å². The Bertz CT molecular complexity index is 836. The average molecular weight is 468 g/mol. The maximum atomic E-state index is 13.6. The standard InChI is InChI=1S/C20H27F3O7S/c1-2-19(8-3-4-9-19)30-18(25)16-13-6-5-12(11-13)15(16)17(24)29-10-7-14(21)20(22,23)31(26,27)28/h5-6,12-16H,2-4,7-11H2,1H3,(H,26,27,28). The van der Waals surface area contributed by atoms with E-state index in [4.69, 9.17) is 14.0 Å². The van der Waals surface area contributed by atoms with Crippen LogP contribution < -0.4 is 0 Å².